The highest BCUT2D eigenvalue weighted by atomic mass is 16.2. The van der Waals surface area contributed by atoms with Gasteiger partial charge in [-0.25, -0.2) is 0 Å². The van der Waals surface area contributed by atoms with Gasteiger partial charge in [0, 0.05) is 44.1 Å². The quantitative estimate of drug-likeness (QED) is 0.596. The Morgan fingerprint density at radius 1 is 0.893 bits per heavy atom. The Morgan fingerprint density at radius 3 is 2.25 bits per heavy atom. The molecule has 28 heavy (non-hydrogen) atoms. The molecular formula is C22H28N4O2. The fourth-order valence-corrected chi connectivity index (χ4v) is 3.28. The second-order valence-corrected chi connectivity index (χ2v) is 7.09. The van der Waals surface area contributed by atoms with Gasteiger partial charge in [0.2, 0.25) is 0 Å². The molecule has 1 saturated heterocycles. The van der Waals surface area contributed by atoms with E-state index < -0.39 is 11.8 Å². The number of carbonyl (C=O) groups excluding carboxylic acids is 2. The van der Waals surface area contributed by atoms with Crippen molar-refractivity contribution in [2.45, 2.75) is 13.3 Å². The minimum Gasteiger partial charge on any atom is -0.369 e. The lowest BCUT2D eigenvalue weighted by Gasteiger charge is -2.36. The number of para-hydroxylation sites is 1. The predicted octanol–water partition coefficient (Wildman–Crippen LogP) is 2.26. The molecule has 1 fully saturated rings. The lowest BCUT2D eigenvalue weighted by molar-refractivity contribution is -0.136. The molecule has 0 spiro atoms. The fourth-order valence-electron chi connectivity index (χ4n) is 3.28. The number of amides is 2. The van der Waals surface area contributed by atoms with E-state index in [1.165, 1.54) is 5.69 Å². The number of carbonyl (C=O) groups is 2. The highest BCUT2D eigenvalue weighted by Crippen LogP contribution is 2.15. The SMILES string of the molecule is Cc1ccc(NC(=O)C(=O)NCCCN2CCN(c3ccccc3)CC2)cc1. The van der Waals surface area contributed by atoms with Crippen molar-refractivity contribution in [3.63, 3.8) is 0 Å². The molecule has 148 valence electrons. The van der Waals surface area contributed by atoms with Crippen molar-refractivity contribution in [3.05, 3.63) is 60.2 Å². The van der Waals surface area contributed by atoms with Crippen LogP contribution in [0.5, 0.6) is 0 Å². The molecular weight excluding hydrogens is 352 g/mol. The molecule has 1 aliphatic rings. The first-order valence-corrected chi connectivity index (χ1v) is 9.80. The average Bonchev–Trinajstić information content (AvgIpc) is 2.73. The van der Waals surface area contributed by atoms with Crippen molar-refractivity contribution in [2.24, 2.45) is 0 Å². The summed E-state index contributed by atoms with van der Waals surface area (Å²) < 4.78 is 0. The van der Waals surface area contributed by atoms with Gasteiger partial charge in [0.05, 0.1) is 0 Å². The number of piperazine rings is 1. The van der Waals surface area contributed by atoms with E-state index >= 15 is 0 Å². The normalized spacial score (nSPS) is 14.5. The number of nitrogens with one attached hydrogen (secondary N) is 2. The number of benzene rings is 2. The van der Waals surface area contributed by atoms with E-state index in [1.807, 2.05) is 25.1 Å². The van der Waals surface area contributed by atoms with Gasteiger partial charge in [-0.2, -0.15) is 0 Å². The summed E-state index contributed by atoms with van der Waals surface area (Å²) in [6.45, 7) is 7.43. The zero-order valence-electron chi connectivity index (χ0n) is 16.4. The van der Waals surface area contributed by atoms with Crippen LogP contribution in [-0.4, -0.2) is 56.0 Å². The maximum absolute atomic E-state index is 11.9. The van der Waals surface area contributed by atoms with E-state index in [1.54, 1.807) is 12.1 Å². The monoisotopic (exact) mass is 380 g/mol. The Bertz CT molecular complexity index is 769. The molecule has 1 heterocycles. The van der Waals surface area contributed by atoms with E-state index in [0.717, 1.165) is 44.7 Å². The third-order valence-corrected chi connectivity index (χ3v) is 4.95. The number of hydrogen-bond donors (Lipinski definition) is 2. The number of nitrogens with zero attached hydrogens (tertiary/aromatic N) is 2. The Morgan fingerprint density at radius 2 is 1.57 bits per heavy atom. The predicted molar refractivity (Wildman–Crippen MR) is 113 cm³/mol. The van der Waals surface area contributed by atoms with E-state index in [0.29, 0.717) is 12.2 Å². The molecule has 0 atom stereocenters. The summed E-state index contributed by atoms with van der Waals surface area (Å²) in [4.78, 5) is 28.6. The van der Waals surface area contributed by atoms with Crippen LogP contribution in [0.3, 0.4) is 0 Å². The van der Waals surface area contributed by atoms with Gasteiger partial charge in [0.1, 0.15) is 0 Å². The molecule has 0 unspecified atom stereocenters. The van der Waals surface area contributed by atoms with Crippen molar-refractivity contribution in [2.75, 3.05) is 49.5 Å². The van der Waals surface area contributed by atoms with Crippen LogP contribution in [0.15, 0.2) is 54.6 Å². The topological polar surface area (TPSA) is 64.7 Å². The number of aryl methyl sites for hydroxylation is 1. The van der Waals surface area contributed by atoms with Gasteiger partial charge < -0.3 is 15.5 Å². The van der Waals surface area contributed by atoms with Gasteiger partial charge >= 0.3 is 11.8 Å². The zero-order valence-corrected chi connectivity index (χ0v) is 16.4. The third-order valence-electron chi connectivity index (χ3n) is 4.95. The largest absolute Gasteiger partial charge is 0.369 e. The Kier molecular flexibility index (Phi) is 7.03. The van der Waals surface area contributed by atoms with Gasteiger partial charge in [0.25, 0.3) is 0 Å². The lowest BCUT2D eigenvalue weighted by atomic mass is 10.2. The summed E-state index contributed by atoms with van der Waals surface area (Å²) in [5.41, 5.74) is 3.00. The van der Waals surface area contributed by atoms with Gasteiger partial charge in [-0.1, -0.05) is 35.9 Å². The van der Waals surface area contributed by atoms with Crippen LogP contribution in [-0.2, 0) is 9.59 Å². The summed E-state index contributed by atoms with van der Waals surface area (Å²) in [5, 5.41) is 5.31. The molecule has 0 radical (unpaired) electrons. The fraction of sp³-hybridized carbons (Fsp3) is 0.364. The van der Waals surface area contributed by atoms with E-state index in [9.17, 15) is 9.59 Å². The molecule has 1 aliphatic heterocycles. The summed E-state index contributed by atoms with van der Waals surface area (Å²) in [7, 11) is 0. The average molecular weight is 380 g/mol. The van der Waals surface area contributed by atoms with Crippen molar-refractivity contribution in [3.8, 4) is 0 Å². The van der Waals surface area contributed by atoms with E-state index in [-0.39, 0.29) is 0 Å². The van der Waals surface area contributed by atoms with Crippen molar-refractivity contribution >= 4 is 23.2 Å². The van der Waals surface area contributed by atoms with Crippen LogP contribution >= 0.6 is 0 Å². The van der Waals surface area contributed by atoms with E-state index in [2.05, 4.69) is 44.7 Å². The minimum absolute atomic E-state index is 0.499. The number of hydrogen-bond acceptors (Lipinski definition) is 4. The molecule has 0 aliphatic carbocycles. The Hall–Kier alpha value is -2.86. The second kappa shape index (κ2) is 9.90. The van der Waals surface area contributed by atoms with Crippen molar-refractivity contribution in [1.29, 1.82) is 0 Å². The van der Waals surface area contributed by atoms with Crippen molar-refractivity contribution in [1.82, 2.24) is 10.2 Å². The number of anilines is 2. The van der Waals surface area contributed by atoms with Crippen LogP contribution in [0.2, 0.25) is 0 Å². The Balaban J connectivity index is 1.31. The van der Waals surface area contributed by atoms with Gasteiger partial charge in [-0.3, -0.25) is 14.5 Å². The van der Waals surface area contributed by atoms with Gasteiger partial charge in [0.15, 0.2) is 0 Å². The van der Waals surface area contributed by atoms with Gasteiger partial charge in [-0.15, -0.1) is 0 Å². The molecule has 0 aromatic heterocycles. The van der Waals surface area contributed by atoms with Crippen LogP contribution in [0, 0.1) is 6.92 Å². The van der Waals surface area contributed by atoms with Crippen molar-refractivity contribution < 1.29 is 9.59 Å². The zero-order chi connectivity index (χ0) is 19.8. The maximum Gasteiger partial charge on any atom is 0.313 e. The minimum atomic E-state index is -0.625. The molecule has 2 aromatic carbocycles. The van der Waals surface area contributed by atoms with Crippen LogP contribution in [0.1, 0.15) is 12.0 Å². The summed E-state index contributed by atoms with van der Waals surface area (Å²) in [6, 6.07) is 17.8. The molecule has 0 saturated carbocycles. The van der Waals surface area contributed by atoms with Crippen LogP contribution in [0.25, 0.3) is 0 Å². The molecule has 6 nitrogen and oxygen atoms in total. The third kappa shape index (κ3) is 5.82. The number of rotatable bonds is 6. The first-order valence-electron chi connectivity index (χ1n) is 9.80. The first-order chi connectivity index (χ1) is 13.6. The maximum atomic E-state index is 11.9. The second-order valence-electron chi connectivity index (χ2n) is 7.09. The molecule has 0 bridgehead atoms. The van der Waals surface area contributed by atoms with Crippen LogP contribution in [0.4, 0.5) is 11.4 Å². The summed E-state index contributed by atoms with van der Waals surface area (Å²) in [6.07, 6.45) is 0.828. The standard InChI is InChI=1S/C22H28N4O2/c1-18-8-10-19(11-9-18)24-22(28)21(27)23-12-5-13-25-14-16-26(17-15-25)20-6-3-2-4-7-20/h2-4,6-11H,5,12-17H2,1H3,(H,23,27)(H,24,28). The highest BCUT2D eigenvalue weighted by molar-refractivity contribution is 6.39. The molecule has 6 heteroatoms. The summed E-state index contributed by atoms with van der Waals surface area (Å²) >= 11 is 0. The molecule has 2 aromatic rings. The van der Waals surface area contributed by atoms with Crippen LogP contribution < -0.4 is 15.5 Å². The molecule has 2 amide bonds. The summed E-state index contributed by atoms with van der Waals surface area (Å²) in [5.74, 6) is -1.21. The lowest BCUT2D eigenvalue weighted by Crippen LogP contribution is -2.47. The molecule has 3 rings (SSSR count). The van der Waals surface area contributed by atoms with Gasteiger partial charge in [-0.05, 0) is 44.2 Å². The Labute approximate surface area is 166 Å². The first kappa shape index (κ1) is 19.9. The highest BCUT2D eigenvalue weighted by Gasteiger charge is 2.17. The molecule has 2 N–H and O–H groups in total. The van der Waals surface area contributed by atoms with E-state index in [4.69, 9.17) is 0 Å². The smallest absolute Gasteiger partial charge is 0.313 e.